The van der Waals surface area contributed by atoms with Crippen molar-refractivity contribution in [2.24, 2.45) is 16.8 Å². The average molecular weight is 181 g/mol. The molecule has 0 amide bonds. The van der Waals surface area contributed by atoms with E-state index < -0.39 is 0 Å². The number of nitrogens with zero attached hydrogens (tertiary/aromatic N) is 2. The highest BCUT2D eigenvalue weighted by Gasteiger charge is 2.26. The lowest BCUT2D eigenvalue weighted by Crippen LogP contribution is -2.29. The van der Waals surface area contributed by atoms with Crippen LogP contribution in [0.1, 0.15) is 32.1 Å². The SMILES string of the molecule is NC1CCC(C2=N[N+]([O-])=CC2)CC1. The van der Waals surface area contributed by atoms with Crippen molar-refractivity contribution in [2.45, 2.75) is 38.1 Å². The minimum atomic E-state index is 0.366. The third-order valence-corrected chi connectivity index (χ3v) is 2.93. The minimum Gasteiger partial charge on any atom is -0.595 e. The van der Waals surface area contributed by atoms with Crippen molar-refractivity contribution >= 4 is 11.9 Å². The fourth-order valence-electron chi connectivity index (χ4n) is 2.08. The van der Waals surface area contributed by atoms with E-state index in [4.69, 9.17) is 5.73 Å². The summed E-state index contributed by atoms with van der Waals surface area (Å²) in [5.41, 5.74) is 6.86. The lowest BCUT2D eigenvalue weighted by Gasteiger charge is -2.24. The van der Waals surface area contributed by atoms with E-state index in [9.17, 15) is 5.21 Å². The topological polar surface area (TPSA) is 64.4 Å². The molecule has 1 aliphatic carbocycles. The zero-order valence-electron chi connectivity index (χ0n) is 7.65. The Hall–Kier alpha value is -0.900. The molecule has 1 saturated carbocycles. The number of hydrogen-bond donors (Lipinski definition) is 1. The summed E-state index contributed by atoms with van der Waals surface area (Å²) in [6.45, 7) is 0. The Morgan fingerprint density at radius 1 is 1.38 bits per heavy atom. The molecule has 2 aliphatic rings. The van der Waals surface area contributed by atoms with Gasteiger partial charge < -0.3 is 10.9 Å². The Morgan fingerprint density at radius 3 is 2.62 bits per heavy atom. The van der Waals surface area contributed by atoms with E-state index in [0.717, 1.165) is 37.8 Å². The molecule has 0 radical (unpaired) electrons. The average Bonchev–Trinajstić information content (AvgIpc) is 2.53. The maximum atomic E-state index is 10.8. The summed E-state index contributed by atoms with van der Waals surface area (Å²) in [7, 11) is 0. The summed E-state index contributed by atoms with van der Waals surface area (Å²) in [6, 6.07) is 0.366. The highest BCUT2D eigenvalue weighted by Crippen LogP contribution is 2.26. The second kappa shape index (κ2) is 3.46. The molecular weight excluding hydrogens is 166 g/mol. The zero-order valence-corrected chi connectivity index (χ0v) is 7.65. The highest BCUT2D eigenvalue weighted by atomic mass is 16.5. The van der Waals surface area contributed by atoms with Crippen molar-refractivity contribution in [2.75, 3.05) is 0 Å². The van der Waals surface area contributed by atoms with Crippen LogP contribution in [0.4, 0.5) is 0 Å². The third-order valence-electron chi connectivity index (χ3n) is 2.93. The summed E-state index contributed by atoms with van der Waals surface area (Å²) in [5, 5.41) is 14.7. The van der Waals surface area contributed by atoms with Crippen LogP contribution in [0.5, 0.6) is 0 Å². The molecule has 13 heavy (non-hydrogen) atoms. The Labute approximate surface area is 77.7 Å². The van der Waals surface area contributed by atoms with Gasteiger partial charge in [-0.2, -0.15) is 0 Å². The third kappa shape index (κ3) is 1.88. The van der Waals surface area contributed by atoms with Crippen LogP contribution in [0.2, 0.25) is 0 Å². The maximum Gasteiger partial charge on any atom is 0.192 e. The standard InChI is InChI=1S/C9H15N3O/c10-8-3-1-7(2-4-8)9-5-6-12(13)11-9/h6-8H,1-5,10H2. The van der Waals surface area contributed by atoms with Gasteiger partial charge in [-0.05, 0) is 25.7 Å². The predicted octanol–water partition coefficient (Wildman–Crippen LogP) is 0.845. The van der Waals surface area contributed by atoms with Crippen LogP contribution in [0, 0.1) is 11.1 Å². The Balaban J connectivity index is 1.93. The Morgan fingerprint density at radius 2 is 2.08 bits per heavy atom. The maximum absolute atomic E-state index is 10.8. The molecule has 1 fully saturated rings. The number of hydrazone groups is 1. The van der Waals surface area contributed by atoms with Gasteiger partial charge in [0.1, 0.15) is 0 Å². The van der Waals surface area contributed by atoms with E-state index in [0.29, 0.717) is 16.8 Å². The molecule has 4 nitrogen and oxygen atoms in total. The van der Waals surface area contributed by atoms with Gasteiger partial charge in [-0.3, -0.25) is 0 Å². The number of nitrogens with two attached hydrogens (primary N) is 1. The van der Waals surface area contributed by atoms with E-state index in [2.05, 4.69) is 5.10 Å². The molecule has 0 aromatic carbocycles. The van der Waals surface area contributed by atoms with Crippen LogP contribution in [0.3, 0.4) is 0 Å². The molecule has 0 spiro atoms. The molecule has 2 N–H and O–H groups in total. The number of hydrogen-bond acceptors (Lipinski definition) is 3. The molecule has 2 rings (SSSR count). The van der Waals surface area contributed by atoms with Gasteiger partial charge >= 0.3 is 0 Å². The molecule has 0 atom stereocenters. The molecule has 72 valence electrons. The first-order chi connectivity index (χ1) is 6.25. The van der Waals surface area contributed by atoms with Crippen molar-refractivity contribution in [1.29, 1.82) is 0 Å². The summed E-state index contributed by atoms with van der Waals surface area (Å²) in [6.07, 6.45) is 6.67. The first kappa shape index (κ1) is 8.69. The van der Waals surface area contributed by atoms with Crippen molar-refractivity contribution in [1.82, 2.24) is 0 Å². The Bertz CT molecular complexity index is 252. The molecular formula is C9H15N3O. The molecule has 1 heterocycles. The minimum absolute atomic E-state index is 0.366. The van der Waals surface area contributed by atoms with Crippen LogP contribution < -0.4 is 5.73 Å². The van der Waals surface area contributed by atoms with Gasteiger partial charge in [-0.1, -0.05) is 4.85 Å². The van der Waals surface area contributed by atoms with E-state index in [1.54, 1.807) is 6.21 Å². The fraction of sp³-hybridized carbons (Fsp3) is 0.778. The van der Waals surface area contributed by atoms with Gasteiger partial charge in [-0.15, -0.1) is 0 Å². The monoisotopic (exact) mass is 181 g/mol. The largest absolute Gasteiger partial charge is 0.595 e. The summed E-state index contributed by atoms with van der Waals surface area (Å²) >= 11 is 0. The number of rotatable bonds is 1. The molecule has 0 saturated heterocycles. The van der Waals surface area contributed by atoms with Crippen LogP contribution in [-0.4, -0.2) is 22.8 Å². The van der Waals surface area contributed by atoms with Crippen molar-refractivity contribution in [3.8, 4) is 0 Å². The molecule has 0 aromatic rings. The van der Waals surface area contributed by atoms with Crippen LogP contribution in [0.15, 0.2) is 5.10 Å². The van der Waals surface area contributed by atoms with E-state index >= 15 is 0 Å². The molecule has 4 heteroatoms. The van der Waals surface area contributed by atoms with Crippen molar-refractivity contribution < 1.29 is 4.85 Å². The van der Waals surface area contributed by atoms with Gasteiger partial charge in [0.25, 0.3) is 0 Å². The van der Waals surface area contributed by atoms with E-state index in [-0.39, 0.29) is 0 Å². The second-order valence-electron chi connectivity index (χ2n) is 3.89. The van der Waals surface area contributed by atoms with E-state index in [1.807, 2.05) is 0 Å². The highest BCUT2D eigenvalue weighted by molar-refractivity contribution is 5.97. The lowest BCUT2D eigenvalue weighted by atomic mass is 9.83. The smallest absolute Gasteiger partial charge is 0.192 e. The van der Waals surface area contributed by atoms with Crippen molar-refractivity contribution in [3.05, 3.63) is 5.21 Å². The first-order valence-electron chi connectivity index (χ1n) is 4.88. The lowest BCUT2D eigenvalue weighted by molar-refractivity contribution is -0.454. The van der Waals surface area contributed by atoms with Gasteiger partial charge in [0.05, 0.1) is 12.1 Å². The molecule has 0 bridgehead atoms. The van der Waals surface area contributed by atoms with Gasteiger partial charge in [0.15, 0.2) is 6.21 Å². The van der Waals surface area contributed by atoms with Gasteiger partial charge in [0, 0.05) is 17.1 Å². The summed E-state index contributed by atoms with van der Waals surface area (Å²) in [5.74, 6) is 0.509. The predicted molar refractivity (Wildman–Crippen MR) is 51.7 cm³/mol. The van der Waals surface area contributed by atoms with Crippen LogP contribution >= 0.6 is 0 Å². The summed E-state index contributed by atoms with van der Waals surface area (Å²) < 4.78 is 0. The second-order valence-corrected chi connectivity index (χ2v) is 3.89. The van der Waals surface area contributed by atoms with Crippen LogP contribution in [0.25, 0.3) is 0 Å². The van der Waals surface area contributed by atoms with Gasteiger partial charge in [0.2, 0.25) is 0 Å². The Kier molecular flexibility index (Phi) is 2.31. The quantitative estimate of drug-likeness (QED) is 0.481. The fourth-order valence-corrected chi connectivity index (χ4v) is 2.08. The van der Waals surface area contributed by atoms with Gasteiger partial charge in [-0.25, -0.2) is 0 Å². The molecule has 0 aromatic heterocycles. The summed E-state index contributed by atoms with van der Waals surface area (Å²) in [4.78, 5) is 0.684. The van der Waals surface area contributed by atoms with Crippen LogP contribution in [-0.2, 0) is 0 Å². The normalized spacial score (nSPS) is 34.2. The zero-order chi connectivity index (χ0) is 9.26. The molecule has 1 aliphatic heterocycles. The molecule has 0 unspecified atom stereocenters. The van der Waals surface area contributed by atoms with E-state index in [1.165, 1.54) is 0 Å². The first-order valence-corrected chi connectivity index (χ1v) is 4.88. The van der Waals surface area contributed by atoms with Crippen molar-refractivity contribution in [3.63, 3.8) is 0 Å².